The van der Waals surface area contributed by atoms with Gasteiger partial charge in [-0.25, -0.2) is 4.99 Å². The van der Waals surface area contributed by atoms with Crippen LogP contribution in [0.1, 0.15) is 5.56 Å². The summed E-state index contributed by atoms with van der Waals surface area (Å²) in [6, 6.07) is 16.4. The predicted molar refractivity (Wildman–Crippen MR) is 78.3 cm³/mol. The minimum absolute atomic E-state index is 0.954. The molecule has 0 saturated heterocycles. The molecule has 2 aromatic carbocycles. The van der Waals surface area contributed by atoms with Gasteiger partial charge in [-0.3, -0.25) is 0 Å². The lowest BCUT2D eigenvalue weighted by Gasteiger charge is -1.98. The Labute approximate surface area is 112 Å². The number of rotatable bonds is 1. The topological polar surface area (TPSA) is 22.2 Å². The van der Waals surface area contributed by atoms with Crippen LogP contribution in [-0.4, -0.2) is 9.13 Å². The molecule has 96 valence electrons. The summed E-state index contributed by atoms with van der Waals surface area (Å²) in [7, 11) is 4.13. The maximum atomic E-state index is 4.74. The van der Waals surface area contributed by atoms with Gasteiger partial charge in [-0.05, 0) is 30.7 Å². The number of para-hydroxylation sites is 2. The molecule has 0 saturated carbocycles. The standard InChI is InChI=1S/C16H17N3/c1-12-8-7-11-14-15(12)19(3)16(18(14)2)17-13-9-5-4-6-10-13/h4-11H,1-3H3/b17-16+. The number of hydrogen-bond acceptors (Lipinski definition) is 1. The van der Waals surface area contributed by atoms with E-state index in [-0.39, 0.29) is 0 Å². The van der Waals surface area contributed by atoms with Crippen molar-refractivity contribution in [1.82, 2.24) is 9.13 Å². The van der Waals surface area contributed by atoms with E-state index in [0.29, 0.717) is 0 Å². The smallest absolute Gasteiger partial charge is 0.210 e. The van der Waals surface area contributed by atoms with Gasteiger partial charge in [-0.1, -0.05) is 30.3 Å². The Morgan fingerprint density at radius 3 is 2.26 bits per heavy atom. The molecule has 0 aliphatic rings. The third kappa shape index (κ3) is 1.87. The van der Waals surface area contributed by atoms with E-state index in [2.05, 4.69) is 48.4 Å². The number of aryl methyl sites for hydroxylation is 3. The molecule has 0 unspecified atom stereocenters. The van der Waals surface area contributed by atoms with Gasteiger partial charge in [0.15, 0.2) is 0 Å². The lowest BCUT2D eigenvalue weighted by atomic mass is 10.2. The average molecular weight is 251 g/mol. The van der Waals surface area contributed by atoms with Crippen molar-refractivity contribution in [2.75, 3.05) is 0 Å². The zero-order valence-electron chi connectivity index (χ0n) is 11.5. The van der Waals surface area contributed by atoms with Crippen LogP contribution in [0.15, 0.2) is 53.5 Å². The molecule has 0 radical (unpaired) electrons. The number of aromatic nitrogens is 2. The summed E-state index contributed by atoms with van der Waals surface area (Å²) < 4.78 is 4.28. The van der Waals surface area contributed by atoms with E-state index in [1.807, 2.05) is 30.3 Å². The molecule has 3 rings (SSSR count). The molecule has 0 fully saturated rings. The molecule has 0 N–H and O–H groups in total. The number of benzene rings is 2. The van der Waals surface area contributed by atoms with Crippen molar-refractivity contribution in [3.8, 4) is 0 Å². The maximum Gasteiger partial charge on any atom is 0.210 e. The van der Waals surface area contributed by atoms with Gasteiger partial charge in [0.25, 0.3) is 0 Å². The third-order valence-electron chi connectivity index (χ3n) is 3.50. The van der Waals surface area contributed by atoms with Crippen LogP contribution in [0.25, 0.3) is 11.0 Å². The van der Waals surface area contributed by atoms with Gasteiger partial charge in [-0.2, -0.15) is 0 Å². The quantitative estimate of drug-likeness (QED) is 0.634. The van der Waals surface area contributed by atoms with Crippen LogP contribution in [0.5, 0.6) is 0 Å². The molecule has 0 amide bonds. The average Bonchev–Trinajstić information content (AvgIpc) is 2.66. The Kier molecular flexibility index (Phi) is 2.75. The van der Waals surface area contributed by atoms with E-state index >= 15 is 0 Å². The van der Waals surface area contributed by atoms with E-state index < -0.39 is 0 Å². The molecule has 19 heavy (non-hydrogen) atoms. The highest BCUT2D eigenvalue weighted by Gasteiger charge is 2.07. The summed E-state index contributed by atoms with van der Waals surface area (Å²) in [5.74, 6) is 0. The first-order valence-corrected chi connectivity index (χ1v) is 6.39. The molecule has 0 atom stereocenters. The van der Waals surface area contributed by atoms with Gasteiger partial charge >= 0.3 is 0 Å². The van der Waals surface area contributed by atoms with Gasteiger partial charge in [0.1, 0.15) is 0 Å². The third-order valence-corrected chi connectivity index (χ3v) is 3.50. The van der Waals surface area contributed by atoms with E-state index in [1.54, 1.807) is 0 Å². The van der Waals surface area contributed by atoms with Crippen molar-refractivity contribution >= 4 is 16.7 Å². The minimum Gasteiger partial charge on any atom is -0.313 e. The summed E-state index contributed by atoms with van der Waals surface area (Å²) >= 11 is 0. The number of hydrogen-bond donors (Lipinski definition) is 0. The lowest BCUT2D eigenvalue weighted by Crippen LogP contribution is -2.21. The Morgan fingerprint density at radius 2 is 1.58 bits per heavy atom. The second-order valence-corrected chi connectivity index (χ2v) is 4.81. The molecular formula is C16H17N3. The zero-order valence-corrected chi connectivity index (χ0v) is 11.5. The Balaban J connectivity index is 2.37. The monoisotopic (exact) mass is 251 g/mol. The molecule has 3 heteroatoms. The molecule has 1 aromatic heterocycles. The highest BCUT2D eigenvalue weighted by atomic mass is 15.2. The molecule has 3 nitrogen and oxygen atoms in total. The van der Waals surface area contributed by atoms with Crippen LogP contribution in [0.3, 0.4) is 0 Å². The maximum absolute atomic E-state index is 4.74. The molecule has 3 aromatic rings. The minimum atomic E-state index is 0.954. The van der Waals surface area contributed by atoms with Crippen LogP contribution in [0.4, 0.5) is 5.69 Å². The van der Waals surface area contributed by atoms with Crippen LogP contribution in [0.2, 0.25) is 0 Å². The summed E-state index contributed by atoms with van der Waals surface area (Å²) in [5.41, 5.74) is 5.64. The highest BCUT2D eigenvalue weighted by Crippen LogP contribution is 2.16. The number of fused-ring (bicyclic) bond motifs is 1. The zero-order chi connectivity index (χ0) is 13.4. The van der Waals surface area contributed by atoms with Gasteiger partial charge < -0.3 is 9.13 Å². The number of imidazole rings is 1. The first-order valence-electron chi connectivity index (χ1n) is 6.39. The fourth-order valence-electron chi connectivity index (χ4n) is 2.55. The summed E-state index contributed by atoms with van der Waals surface area (Å²) in [4.78, 5) is 4.74. The van der Waals surface area contributed by atoms with Crippen LogP contribution in [0, 0.1) is 6.92 Å². The van der Waals surface area contributed by atoms with E-state index in [4.69, 9.17) is 4.99 Å². The van der Waals surface area contributed by atoms with Crippen LogP contribution in [-0.2, 0) is 14.1 Å². The first kappa shape index (κ1) is 11.8. The normalized spacial score (nSPS) is 12.3. The van der Waals surface area contributed by atoms with Crippen LogP contribution < -0.4 is 5.62 Å². The van der Waals surface area contributed by atoms with Gasteiger partial charge in [0.05, 0.1) is 16.7 Å². The van der Waals surface area contributed by atoms with Crippen molar-refractivity contribution in [2.24, 2.45) is 19.1 Å². The Morgan fingerprint density at radius 1 is 0.842 bits per heavy atom. The summed E-state index contributed by atoms with van der Waals surface area (Å²) in [5, 5.41) is 0. The van der Waals surface area contributed by atoms with Crippen molar-refractivity contribution in [3.63, 3.8) is 0 Å². The predicted octanol–water partition coefficient (Wildman–Crippen LogP) is 3.06. The Hall–Kier alpha value is -2.29. The summed E-state index contributed by atoms with van der Waals surface area (Å²) in [6.45, 7) is 2.13. The largest absolute Gasteiger partial charge is 0.313 e. The molecule has 0 spiro atoms. The second-order valence-electron chi connectivity index (χ2n) is 4.81. The molecule has 1 heterocycles. The fraction of sp³-hybridized carbons (Fsp3) is 0.188. The molecule has 0 aliphatic carbocycles. The Bertz CT molecular complexity index is 792. The molecule has 0 bridgehead atoms. The van der Waals surface area contributed by atoms with Gasteiger partial charge in [0, 0.05) is 14.1 Å². The van der Waals surface area contributed by atoms with Crippen molar-refractivity contribution in [3.05, 3.63) is 59.7 Å². The van der Waals surface area contributed by atoms with Crippen molar-refractivity contribution < 1.29 is 0 Å². The van der Waals surface area contributed by atoms with Gasteiger partial charge in [-0.15, -0.1) is 0 Å². The van der Waals surface area contributed by atoms with Gasteiger partial charge in [0.2, 0.25) is 5.62 Å². The van der Waals surface area contributed by atoms with Crippen LogP contribution >= 0.6 is 0 Å². The van der Waals surface area contributed by atoms with Crippen molar-refractivity contribution in [2.45, 2.75) is 6.92 Å². The van der Waals surface area contributed by atoms with Crippen molar-refractivity contribution in [1.29, 1.82) is 0 Å². The molecule has 0 aliphatic heterocycles. The van der Waals surface area contributed by atoms with E-state index in [1.165, 1.54) is 16.6 Å². The van der Waals surface area contributed by atoms with E-state index in [9.17, 15) is 0 Å². The SMILES string of the molecule is Cc1cccc2c1n(C)/c(=N/c1ccccc1)n2C. The number of nitrogens with zero attached hydrogens (tertiary/aromatic N) is 3. The second kappa shape index (κ2) is 4.43. The lowest BCUT2D eigenvalue weighted by molar-refractivity contribution is 0.763. The fourth-order valence-corrected chi connectivity index (χ4v) is 2.55. The first-order chi connectivity index (χ1) is 9.18. The van der Waals surface area contributed by atoms with E-state index in [0.717, 1.165) is 11.3 Å². The summed E-state index contributed by atoms with van der Waals surface area (Å²) in [6.07, 6.45) is 0. The highest BCUT2D eigenvalue weighted by molar-refractivity contribution is 5.79. The molecular weight excluding hydrogens is 234 g/mol.